The lowest BCUT2D eigenvalue weighted by Crippen LogP contribution is -2.44. The molecule has 5 nitrogen and oxygen atoms in total. The molecule has 5 heteroatoms. The molecule has 0 amide bonds. The molecule has 0 fully saturated rings. The highest BCUT2D eigenvalue weighted by Gasteiger charge is 2.20. The smallest absolute Gasteiger partial charge is 0.0872 e. The van der Waals surface area contributed by atoms with Gasteiger partial charge in [0.2, 0.25) is 0 Å². The van der Waals surface area contributed by atoms with E-state index >= 15 is 0 Å². The van der Waals surface area contributed by atoms with Crippen LogP contribution in [0.1, 0.15) is 31.2 Å². The average Bonchev–Trinajstić information content (AvgIpc) is 2.65. The van der Waals surface area contributed by atoms with E-state index in [0.29, 0.717) is 6.04 Å². The van der Waals surface area contributed by atoms with Crippen molar-refractivity contribution in [3.8, 4) is 0 Å². The molecule has 0 aromatic heterocycles. The van der Waals surface area contributed by atoms with Crippen LogP contribution in [0.3, 0.4) is 0 Å². The lowest BCUT2D eigenvalue weighted by Gasteiger charge is -2.34. The minimum absolute atomic E-state index is 0.346. The fourth-order valence-electron chi connectivity index (χ4n) is 3.16. The van der Waals surface area contributed by atoms with Crippen molar-refractivity contribution in [2.45, 2.75) is 38.6 Å². The molecule has 0 spiro atoms. The van der Waals surface area contributed by atoms with Gasteiger partial charge in [0.15, 0.2) is 0 Å². The first-order valence-corrected chi connectivity index (χ1v) is 9.72. The van der Waals surface area contributed by atoms with E-state index < -0.39 is 0 Å². The molecule has 2 N–H and O–H groups in total. The fraction of sp³-hybridized carbons (Fsp3) is 0.500. The molecule has 0 radical (unpaired) electrons. The lowest BCUT2D eigenvalue weighted by atomic mass is 10.0. The van der Waals surface area contributed by atoms with Gasteiger partial charge in [-0.05, 0) is 71.2 Å². The van der Waals surface area contributed by atoms with Crippen LogP contribution in [0.5, 0.6) is 0 Å². The highest BCUT2D eigenvalue weighted by atomic mass is 15.5. The van der Waals surface area contributed by atoms with E-state index in [1.54, 1.807) is 6.20 Å². The van der Waals surface area contributed by atoms with Gasteiger partial charge in [-0.15, -0.1) is 0 Å². The number of likely N-dealkylation sites (N-methyl/N-ethyl adjacent to an activating group) is 1. The van der Waals surface area contributed by atoms with Crippen molar-refractivity contribution in [1.29, 1.82) is 0 Å². The second-order valence-corrected chi connectivity index (χ2v) is 6.97. The first-order valence-electron chi connectivity index (χ1n) is 9.72. The third-order valence-corrected chi connectivity index (χ3v) is 4.53. The normalized spacial score (nSPS) is 12.3. The SMILES string of the molecule is C=CNCCCCC(C/C=C/CN(C)C)N(NC)c1c(C)cccc1N=C. The molecule has 1 aromatic rings. The molecule has 0 aliphatic carbocycles. The van der Waals surface area contributed by atoms with Crippen LogP contribution in [-0.2, 0) is 0 Å². The van der Waals surface area contributed by atoms with Gasteiger partial charge in [-0.25, -0.2) is 5.43 Å². The maximum absolute atomic E-state index is 4.25. The average molecular weight is 372 g/mol. The third kappa shape index (κ3) is 7.97. The quantitative estimate of drug-likeness (QED) is 0.224. The van der Waals surface area contributed by atoms with E-state index in [4.69, 9.17) is 0 Å². The summed E-state index contributed by atoms with van der Waals surface area (Å²) in [6.45, 7) is 11.5. The lowest BCUT2D eigenvalue weighted by molar-refractivity contribution is 0.454. The second-order valence-electron chi connectivity index (χ2n) is 6.97. The Kier molecular flexibility index (Phi) is 11.1. The van der Waals surface area contributed by atoms with E-state index in [2.05, 4.69) is 78.2 Å². The van der Waals surface area contributed by atoms with Crippen LogP contribution in [0, 0.1) is 6.92 Å². The number of nitrogens with zero attached hydrogens (tertiary/aromatic N) is 3. The van der Waals surface area contributed by atoms with E-state index in [-0.39, 0.29) is 0 Å². The minimum Gasteiger partial charge on any atom is -0.391 e. The van der Waals surface area contributed by atoms with Crippen molar-refractivity contribution in [3.63, 3.8) is 0 Å². The summed E-state index contributed by atoms with van der Waals surface area (Å²) in [6, 6.07) is 6.52. The van der Waals surface area contributed by atoms with Gasteiger partial charge in [0.05, 0.1) is 11.4 Å². The first-order chi connectivity index (χ1) is 13.0. The molecule has 0 aliphatic rings. The molecule has 1 unspecified atom stereocenters. The summed E-state index contributed by atoms with van der Waals surface area (Å²) >= 11 is 0. The highest BCUT2D eigenvalue weighted by molar-refractivity contribution is 5.72. The number of aryl methyl sites for hydroxylation is 1. The zero-order valence-electron chi connectivity index (χ0n) is 17.5. The van der Waals surface area contributed by atoms with E-state index in [0.717, 1.165) is 50.1 Å². The van der Waals surface area contributed by atoms with Gasteiger partial charge in [-0.3, -0.25) is 4.99 Å². The summed E-state index contributed by atoms with van der Waals surface area (Å²) < 4.78 is 0. The Hall–Kier alpha value is -2.11. The maximum Gasteiger partial charge on any atom is 0.0872 e. The molecule has 150 valence electrons. The summed E-state index contributed by atoms with van der Waals surface area (Å²) in [4.78, 5) is 6.42. The van der Waals surface area contributed by atoms with Crippen LogP contribution in [-0.4, -0.2) is 51.9 Å². The number of para-hydroxylation sites is 1. The first kappa shape index (κ1) is 22.9. The van der Waals surface area contributed by atoms with Crippen molar-refractivity contribution in [1.82, 2.24) is 15.6 Å². The van der Waals surface area contributed by atoms with Gasteiger partial charge in [-0.1, -0.05) is 30.9 Å². The predicted octanol–water partition coefficient (Wildman–Crippen LogP) is 4.05. The molecule has 27 heavy (non-hydrogen) atoms. The largest absolute Gasteiger partial charge is 0.391 e. The molecule has 0 aliphatic heterocycles. The highest BCUT2D eigenvalue weighted by Crippen LogP contribution is 2.33. The van der Waals surface area contributed by atoms with Crippen molar-refractivity contribution in [2.24, 2.45) is 4.99 Å². The summed E-state index contributed by atoms with van der Waals surface area (Å²) in [5.41, 5.74) is 6.64. The number of anilines is 1. The monoisotopic (exact) mass is 371 g/mol. The fourth-order valence-corrected chi connectivity index (χ4v) is 3.16. The van der Waals surface area contributed by atoms with E-state index in [1.807, 2.05) is 19.2 Å². The Balaban J connectivity index is 2.96. The van der Waals surface area contributed by atoms with E-state index in [1.165, 1.54) is 5.56 Å². The van der Waals surface area contributed by atoms with Crippen LogP contribution < -0.4 is 15.8 Å². The van der Waals surface area contributed by atoms with Crippen molar-refractivity contribution in [2.75, 3.05) is 39.2 Å². The Bertz CT molecular complexity index is 594. The third-order valence-electron chi connectivity index (χ3n) is 4.53. The van der Waals surface area contributed by atoms with Crippen molar-refractivity contribution < 1.29 is 0 Å². The van der Waals surface area contributed by atoms with Crippen LogP contribution >= 0.6 is 0 Å². The van der Waals surface area contributed by atoms with Crippen LogP contribution in [0.2, 0.25) is 0 Å². The molecule has 0 heterocycles. The standard InChI is InChI=1S/C22H37N5/c1-7-25-17-10-8-14-20(15-9-11-18-26(5)6)27(24-4)22-19(2)13-12-16-21(22)23-3/h7,9,11-13,16,20,24-25H,1,3,8,10,14-15,17-18H2,2,4-6H3/b11-9+. The van der Waals surface area contributed by atoms with Crippen LogP contribution in [0.4, 0.5) is 11.4 Å². The molecule has 0 saturated carbocycles. The number of benzene rings is 1. The van der Waals surface area contributed by atoms with Gasteiger partial charge >= 0.3 is 0 Å². The molecule has 0 saturated heterocycles. The van der Waals surface area contributed by atoms with Gasteiger partial charge < -0.3 is 15.2 Å². The summed E-state index contributed by atoms with van der Waals surface area (Å²) in [6.07, 6.45) is 10.6. The van der Waals surface area contributed by atoms with E-state index in [9.17, 15) is 0 Å². The molecular weight excluding hydrogens is 334 g/mol. The number of aliphatic imine (C=N–C) groups is 1. The van der Waals surface area contributed by atoms with Crippen molar-refractivity contribution in [3.05, 3.63) is 48.7 Å². The predicted molar refractivity (Wildman–Crippen MR) is 120 cm³/mol. The number of rotatable bonds is 14. The van der Waals surface area contributed by atoms with Crippen LogP contribution in [0.15, 0.2) is 48.1 Å². The van der Waals surface area contributed by atoms with Crippen LogP contribution in [0.25, 0.3) is 0 Å². The Morgan fingerprint density at radius 2 is 2.00 bits per heavy atom. The number of unbranched alkanes of at least 4 members (excludes halogenated alkanes) is 1. The van der Waals surface area contributed by atoms with Crippen molar-refractivity contribution >= 4 is 18.1 Å². The summed E-state index contributed by atoms with van der Waals surface area (Å²) in [5.74, 6) is 0. The molecule has 1 atom stereocenters. The Labute approximate surface area is 165 Å². The molecule has 0 bridgehead atoms. The Morgan fingerprint density at radius 3 is 2.63 bits per heavy atom. The molecular formula is C22H37N5. The summed E-state index contributed by atoms with van der Waals surface area (Å²) in [7, 11) is 6.16. The number of hydrazine groups is 1. The van der Waals surface area contributed by atoms with Gasteiger partial charge in [0.1, 0.15) is 0 Å². The molecule has 1 rings (SSSR count). The topological polar surface area (TPSA) is 42.9 Å². The summed E-state index contributed by atoms with van der Waals surface area (Å²) in [5, 5.41) is 5.45. The number of nitrogens with one attached hydrogen (secondary N) is 2. The zero-order chi connectivity index (χ0) is 20.1. The number of hydrogen-bond donors (Lipinski definition) is 2. The van der Waals surface area contributed by atoms with Gasteiger partial charge in [-0.2, -0.15) is 0 Å². The zero-order valence-corrected chi connectivity index (χ0v) is 17.5. The van der Waals surface area contributed by atoms with Gasteiger partial charge in [0.25, 0.3) is 0 Å². The molecule has 1 aromatic carbocycles. The second kappa shape index (κ2) is 13.1. The minimum atomic E-state index is 0.346. The van der Waals surface area contributed by atoms with Gasteiger partial charge in [0, 0.05) is 26.2 Å². The Morgan fingerprint density at radius 1 is 1.22 bits per heavy atom. The maximum atomic E-state index is 4.25. The number of hydrogen-bond acceptors (Lipinski definition) is 5.